The molecule has 0 unspecified atom stereocenters. The molecule has 7 nitrogen and oxygen atoms in total. The number of nitrogens with zero attached hydrogens (tertiary/aromatic N) is 4. The number of imidazole rings is 1. The number of urea groups is 1. The Morgan fingerprint density at radius 1 is 1.08 bits per heavy atom. The molecule has 2 heterocycles. The SMILES string of the molecule is CCN(Cc1ccc(Cl)cc1)c1nc(-c2cccc(-c3c(C)cccc3NC(N)=O)c2)cn2ccnc12. The first kappa shape index (κ1) is 24.3. The van der Waals surface area contributed by atoms with Crippen molar-refractivity contribution in [3.8, 4) is 22.4 Å². The number of carbonyl (C=O) groups is 1. The molecular weight excluding hydrogens is 484 g/mol. The van der Waals surface area contributed by atoms with Crippen LogP contribution in [0.2, 0.25) is 5.02 Å². The van der Waals surface area contributed by atoms with Crippen LogP contribution in [0.4, 0.5) is 16.3 Å². The molecule has 0 aliphatic heterocycles. The van der Waals surface area contributed by atoms with E-state index in [2.05, 4.69) is 28.2 Å². The van der Waals surface area contributed by atoms with Gasteiger partial charge in [-0.1, -0.05) is 54.1 Å². The summed E-state index contributed by atoms with van der Waals surface area (Å²) >= 11 is 6.09. The van der Waals surface area contributed by atoms with Crippen molar-refractivity contribution in [3.63, 3.8) is 0 Å². The van der Waals surface area contributed by atoms with Crippen molar-refractivity contribution in [2.45, 2.75) is 20.4 Å². The second-order valence-electron chi connectivity index (χ2n) is 8.82. The first-order valence-electron chi connectivity index (χ1n) is 12.0. The molecule has 0 bridgehead atoms. The Bertz CT molecular complexity index is 1580. The van der Waals surface area contributed by atoms with Crippen LogP contribution in [-0.2, 0) is 6.54 Å². The lowest BCUT2D eigenvalue weighted by atomic mass is 9.96. The Labute approximate surface area is 220 Å². The summed E-state index contributed by atoms with van der Waals surface area (Å²) in [5.74, 6) is 0.803. The number of nitrogens with two attached hydrogens (primary N) is 1. The molecule has 0 fully saturated rings. The minimum atomic E-state index is -0.597. The monoisotopic (exact) mass is 510 g/mol. The summed E-state index contributed by atoms with van der Waals surface area (Å²) in [5, 5.41) is 3.46. The highest BCUT2D eigenvalue weighted by Crippen LogP contribution is 2.34. The van der Waals surface area contributed by atoms with Crippen LogP contribution in [0.25, 0.3) is 28.0 Å². The van der Waals surface area contributed by atoms with Gasteiger partial charge in [-0.05, 0) is 54.8 Å². The zero-order valence-corrected chi connectivity index (χ0v) is 21.4. The van der Waals surface area contributed by atoms with Crippen LogP contribution in [0, 0.1) is 6.92 Å². The summed E-state index contributed by atoms with van der Waals surface area (Å²) in [4.78, 5) is 23.5. The van der Waals surface area contributed by atoms with E-state index < -0.39 is 6.03 Å². The third-order valence-corrected chi connectivity index (χ3v) is 6.55. The largest absolute Gasteiger partial charge is 0.351 e. The second-order valence-corrected chi connectivity index (χ2v) is 9.25. The maximum Gasteiger partial charge on any atom is 0.316 e. The van der Waals surface area contributed by atoms with Crippen molar-refractivity contribution in [3.05, 3.63) is 101 Å². The van der Waals surface area contributed by atoms with Gasteiger partial charge in [0.1, 0.15) is 0 Å². The number of primary amides is 1. The van der Waals surface area contributed by atoms with Crippen LogP contribution < -0.4 is 16.0 Å². The smallest absolute Gasteiger partial charge is 0.316 e. The van der Waals surface area contributed by atoms with Crippen molar-refractivity contribution in [2.24, 2.45) is 5.73 Å². The zero-order chi connectivity index (χ0) is 25.9. The molecule has 2 aromatic heterocycles. The van der Waals surface area contributed by atoms with Crippen LogP contribution in [0.5, 0.6) is 0 Å². The van der Waals surface area contributed by atoms with Crippen molar-refractivity contribution in [1.29, 1.82) is 0 Å². The summed E-state index contributed by atoms with van der Waals surface area (Å²) in [5.41, 5.74) is 12.7. The molecule has 3 N–H and O–H groups in total. The Balaban J connectivity index is 1.58. The molecule has 3 aromatic carbocycles. The van der Waals surface area contributed by atoms with E-state index in [1.54, 1.807) is 6.20 Å². The van der Waals surface area contributed by atoms with E-state index in [1.807, 2.05) is 84.4 Å². The maximum absolute atomic E-state index is 11.6. The minimum absolute atomic E-state index is 0.597. The molecule has 0 spiro atoms. The van der Waals surface area contributed by atoms with Crippen LogP contribution in [0.1, 0.15) is 18.1 Å². The summed E-state index contributed by atoms with van der Waals surface area (Å²) in [6, 6.07) is 21.2. The number of benzene rings is 3. The van der Waals surface area contributed by atoms with Crippen LogP contribution in [0.3, 0.4) is 0 Å². The Morgan fingerprint density at radius 3 is 2.59 bits per heavy atom. The number of halogens is 1. The van der Waals surface area contributed by atoms with E-state index in [9.17, 15) is 4.79 Å². The number of nitrogens with one attached hydrogen (secondary N) is 1. The molecule has 5 aromatic rings. The van der Waals surface area contributed by atoms with E-state index in [-0.39, 0.29) is 0 Å². The highest BCUT2D eigenvalue weighted by Gasteiger charge is 2.17. The molecule has 2 amide bonds. The molecule has 8 heteroatoms. The van der Waals surface area contributed by atoms with Crippen LogP contribution in [0.15, 0.2) is 85.3 Å². The van der Waals surface area contributed by atoms with Gasteiger partial charge in [0, 0.05) is 47.8 Å². The van der Waals surface area contributed by atoms with Crippen molar-refractivity contribution >= 4 is 34.8 Å². The normalized spacial score (nSPS) is 11.0. The quantitative estimate of drug-likeness (QED) is 0.260. The number of aromatic nitrogens is 3. The molecule has 186 valence electrons. The van der Waals surface area contributed by atoms with E-state index >= 15 is 0 Å². The maximum atomic E-state index is 11.6. The van der Waals surface area contributed by atoms with Gasteiger partial charge in [-0.25, -0.2) is 14.8 Å². The van der Waals surface area contributed by atoms with Gasteiger partial charge in [0.05, 0.1) is 11.4 Å². The predicted molar refractivity (Wildman–Crippen MR) is 150 cm³/mol. The third-order valence-electron chi connectivity index (χ3n) is 6.30. The van der Waals surface area contributed by atoms with E-state index in [1.165, 1.54) is 0 Å². The molecule has 0 radical (unpaired) electrons. The molecular formula is C29H27ClN6O. The Morgan fingerprint density at radius 2 is 1.84 bits per heavy atom. The van der Waals surface area contributed by atoms with Crippen molar-refractivity contribution in [1.82, 2.24) is 14.4 Å². The standard InChI is InChI=1S/C29H27ClN6O/c1-3-35(17-20-10-12-23(30)13-11-20)28-27-32-14-15-36(27)18-25(33-28)21-7-5-8-22(16-21)26-19(2)6-4-9-24(26)34-29(31)37/h4-16,18H,3,17H2,1-2H3,(H3,31,34,37). The van der Waals surface area contributed by atoms with E-state index in [0.717, 1.165) is 51.5 Å². The highest BCUT2D eigenvalue weighted by atomic mass is 35.5. The molecule has 0 aliphatic carbocycles. The van der Waals surface area contributed by atoms with Gasteiger partial charge in [-0.15, -0.1) is 0 Å². The predicted octanol–water partition coefficient (Wildman–Crippen LogP) is 6.54. The van der Waals surface area contributed by atoms with Crippen molar-refractivity contribution in [2.75, 3.05) is 16.8 Å². The van der Waals surface area contributed by atoms with Crippen LogP contribution >= 0.6 is 11.6 Å². The Hall–Kier alpha value is -4.36. The fourth-order valence-corrected chi connectivity index (χ4v) is 4.66. The molecule has 0 saturated heterocycles. The number of hydrogen-bond donors (Lipinski definition) is 2. The number of anilines is 2. The first-order chi connectivity index (χ1) is 17.9. The minimum Gasteiger partial charge on any atom is -0.351 e. The number of rotatable bonds is 7. The average molecular weight is 511 g/mol. The lowest BCUT2D eigenvalue weighted by Gasteiger charge is -2.23. The lowest BCUT2D eigenvalue weighted by Crippen LogP contribution is -2.24. The highest BCUT2D eigenvalue weighted by molar-refractivity contribution is 6.30. The third kappa shape index (κ3) is 5.13. The van der Waals surface area contributed by atoms with Gasteiger partial charge in [0.25, 0.3) is 0 Å². The molecule has 5 rings (SSSR count). The van der Waals surface area contributed by atoms with Gasteiger partial charge in [0.2, 0.25) is 0 Å². The van der Waals surface area contributed by atoms with Crippen molar-refractivity contribution < 1.29 is 4.79 Å². The van der Waals surface area contributed by atoms with Gasteiger partial charge in [-0.2, -0.15) is 0 Å². The first-order valence-corrected chi connectivity index (χ1v) is 12.4. The fourth-order valence-electron chi connectivity index (χ4n) is 4.53. The summed E-state index contributed by atoms with van der Waals surface area (Å²) in [6.45, 7) is 5.55. The fraction of sp³-hybridized carbons (Fsp3) is 0.138. The van der Waals surface area contributed by atoms with Gasteiger partial charge < -0.3 is 20.4 Å². The molecule has 0 aliphatic rings. The molecule has 0 atom stereocenters. The summed E-state index contributed by atoms with van der Waals surface area (Å²) in [6.07, 6.45) is 5.70. The number of carbonyl (C=O) groups excluding carboxylic acids is 1. The summed E-state index contributed by atoms with van der Waals surface area (Å²) < 4.78 is 2.00. The van der Waals surface area contributed by atoms with Gasteiger partial charge in [-0.3, -0.25) is 0 Å². The van der Waals surface area contributed by atoms with Gasteiger partial charge >= 0.3 is 6.03 Å². The number of aryl methyl sites for hydroxylation is 1. The zero-order valence-electron chi connectivity index (χ0n) is 20.6. The lowest BCUT2D eigenvalue weighted by molar-refractivity contribution is 0.259. The average Bonchev–Trinajstić information content (AvgIpc) is 3.37. The Kier molecular flexibility index (Phi) is 6.79. The van der Waals surface area contributed by atoms with Crippen LogP contribution in [-0.4, -0.2) is 26.9 Å². The number of amides is 2. The molecule has 0 saturated carbocycles. The number of hydrogen-bond acceptors (Lipinski definition) is 4. The second kappa shape index (κ2) is 10.3. The van der Waals surface area contributed by atoms with E-state index in [0.29, 0.717) is 17.3 Å². The topological polar surface area (TPSA) is 88.5 Å². The van der Waals surface area contributed by atoms with Gasteiger partial charge in [0.15, 0.2) is 11.5 Å². The number of fused-ring (bicyclic) bond motifs is 1. The van der Waals surface area contributed by atoms with E-state index in [4.69, 9.17) is 22.3 Å². The molecule has 37 heavy (non-hydrogen) atoms. The summed E-state index contributed by atoms with van der Waals surface area (Å²) in [7, 11) is 0.